The third-order valence-corrected chi connectivity index (χ3v) is 13.7. The summed E-state index contributed by atoms with van der Waals surface area (Å²) in [6, 6.07) is 9.98. The summed E-state index contributed by atoms with van der Waals surface area (Å²) in [4.78, 5) is 45.7. The van der Waals surface area contributed by atoms with Gasteiger partial charge in [-0.05, 0) is 71.7 Å². The number of piperidine rings is 1. The Hall–Kier alpha value is -4.90. The number of carbonyl (C=O) groups excluding carboxylic acids is 1. The molecule has 290 valence electrons. The van der Waals surface area contributed by atoms with Crippen molar-refractivity contribution in [2.45, 2.75) is 70.8 Å². The van der Waals surface area contributed by atoms with Crippen molar-refractivity contribution < 1.29 is 17.9 Å². The van der Waals surface area contributed by atoms with Crippen LogP contribution in [0.15, 0.2) is 46.8 Å². The zero-order valence-electron chi connectivity index (χ0n) is 31.7. The third-order valence-electron chi connectivity index (χ3n) is 10.4. The summed E-state index contributed by atoms with van der Waals surface area (Å²) in [5.41, 5.74) is 2.65. The fraction of sp³-hybridized carbons (Fsp3) is 0.400. The highest BCUT2D eigenvalue weighted by atomic mass is 35.5. The number of nitrogens with zero attached hydrogens (tertiary/aromatic N) is 7. The lowest BCUT2D eigenvalue weighted by Gasteiger charge is -2.44. The minimum absolute atomic E-state index is 0.00361. The number of nitriles is 1. The van der Waals surface area contributed by atoms with Gasteiger partial charge in [0.05, 0.1) is 63.4 Å². The van der Waals surface area contributed by atoms with E-state index in [-0.39, 0.29) is 34.7 Å². The van der Waals surface area contributed by atoms with Crippen molar-refractivity contribution >= 4 is 65.8 Å². The van der Waals surface area contributed by atoms with Crippen LogP contribution in [0.25, 0.3) is 32.2 Å². The first-order valence-electron chi connectivity index (χ1n) is 18.3. The number of hydrogen-bond acceptors (Lipinski definition) is 12. The average Bonchev–Trinajstić information content (AvgIpc) is 3.58. The Morgan fingerprint density at radius 2 is 1.91 bits per heavy atom. The smallest absolute Gasteiger partial charge is 0.267 e. The summed E-state index contributed by atoms with van der Waals surface area (Å²) in [5.74, 6) is 6.48. The van der Waals surface area contributed by atoms with Gasteiger partial charge in [0.2, 0.25) is 10.0 Å². The second-order valence-corrected chi connectivity index (χ2v) is 18.6. The molecule has 2 fully saturated rings. The maximum Gasteiger partial charge on any atom is 0.267 e. The molecule has 13 nitrogen and oxygen atoms in total. The highest BCUT2D eigenvalue weighted by Gasteiger charge is 2.34. The number of anilines is 1. The van der Waals surface area contributed by atoms with E-state index in [0.717, 1.165) is 39.1 Å². The number of benzene rings is 1. The molecule has 0 spiro atoms. The lowest BCUT2D eigenvalue weighted by atomic mass is 10.00. The Balaban J connectivity index is 1.20. The normalized spacial score (nSPS) is 15.6. The van der Waals surface area contributed by atoms with Gasteiger partial charge in [0, 0.05) is 59.0 Å². The van der Waals surface area contributed by atoms with Gasteiger partial charge >= 0.3 is 0 Å². The van der Waals surface area contributed by atoms with E-state index in [2.05, 4.69) is 42.4 Å². The van der Waals surface area contributed by atoms with Gasteiger partial charge in [-0.2, -0.15) is 5.26 Å². The van der Waals surface area contributed by atoms with Crippen LogP contribution in [0.5, 0.6) is 0 Å². The van der Waals surface area contributed by atoms with E-state index < -0.39 is 20.7 Å². The number of thiophene rings is 1. The zero-order valence-corrected chi connectivity index (χ0v) is 34.1. The van der Waals surface area contributed by atoms with Gasteiger partial charge in [0.25, 0.3) is 11.5 Å². The molecule has 56 heavy (non-hydrogen) atoms. The van der Waals surface area contributed by atoms with Crippen LogP contribution < -0.4 is 15.2 Å². The van der Waals surface area contributed by atoms with Gasteiger partial charge in [0.1, 0.15) is 23.3 Å². The molecular formula is C40H41ClN8O5S2. The highest BCUT2D eigenvalue weighted by Crippen LogP contribution is 2.37. The van der Waals surface area contributed by atoms with E-state index in [1.807, 2.05) is 6.92 Å². The number of halogens is 1. The molecule has 5 aromatic rings. The average molecular weight is 813 g/mol. The van der Waals surface area contributed by atoms with Crippen LogP contribution in [0.1, 0.15) is 67.8 Å². The topological polar surface area (TPSA) is 163 Å². The molecule has 0 unspecified atom stereocenters. The molecule has 1 amide bonds. The summed E-state index contributed by atoms with van der Waals surface area (Å²) in [6.07, 6.45) is 4.97. The molecule has 7 rings (SSSR count). The molecule has 2 saturated heterocycles. The van der Waals surface area contributed by atoms with E-state index >= 15 is 0 Å². The monoisotopic (exact) mass is 812 g/mol. The molecule has 0 atom stereocenters. The fourth-order valence-corrected chi connectivity index (χ4v) is 8.96. The molecule has 16 heteroatoms. The molecule has 4 aromatic heterocycles. The number of carbonyl (C=O) groups is 1. The van der Waals surface area contributed by atoms with Crippen LogP contribution in [0.4, 0.5) is 5.82 Å². The number of aromatic nitrogens is 4. The molecule has 1 N–H and O–H groups in total. The molecule has 2 aliphatic rings. The van der Waals surface area contributed by atoms with E-state index in [1.165, 1.54) is 36.7 Å². The van der Waals surface area contributed by atoms with Crippen LogP contribution >= 0.6 is 22.9 Å². The quantitative estimate of drug-likeness (QED) is 0.197. The summed E-state index contributed by atoms with van der Waals surface area (Å²) in [6.45, 7) is 12.3. The standard InChI is InChI=1S/C40H41ClN8O5S2/c1-6-48(27-12-16-47(17-13-27)28-21-54-22-28)37-31(19-42)34-33(20-44-37)45-24(2)49(39(34)51)15-7-8-25-9-10-26(41)18-30(25)29-11-14-43-35-32(23-55-36(29)35)38(50)46-56(52,53)40(3,4)5/h9-11,14,18,20,23,27-28H,6,12-13,15-17,21-22H2,1-5H3,(H,46,50). The fourth-order valence-electron chi connectivity index (χ4n) is 7.10. The summed E-state index contributed by atoms with van der Waals surface area (Å²) in [5, 5.41) is 12.7. The molecular weight excluding hydrogens is 772 g/mol. The molecule has 6 heterocycles. The zero-order chi connectivity index (χ0) is 39.9. The van der Waals surface area contributed by atoms with Crippen molar-refractivity contribution in [2.75, 3.05) is 37.7 Å². The summed E-state index contributed by atoms with van der Waals surface area (Å²) in [7, 11) is -3.95. The lowest BCUT2D eigenvalue weighted by Crippen LogP contribution is -2.54. The SMILES string of the molecule is CCN(c1ncc2nc(C)n(CC#Cc3ccc(Cl)cc3-c3ccnc4c(C(=O)NS(=O)(=O)C(C)(C)C)csc34)c(=O)c2c1C#N)C1CCN(C2COC2)CC1. The molecule has 0 aliphatic carbocycles. The van der Waals surface area contributed by atoms with Crippen molar-refractivity contribution in [3.8, 4) is 29.0 Å². The van der Waals surface area contributed by atoms with E-state index in [9.17, 15) is 23.3 Å². The second kappa shape index (κ2) is 15.6. The first kappa shape index (κ1) is 39.3. The first-order chi connectivity index (χ1) is 26.7. The Labute approximate surface area is 334 Å². The Morgan fingerprint density at radius 1 is 1.16 bits per heavy atom. The molecule has 1 aromatic carbocycles. The number of ether oxygens (including phenoxy) is 1. The minimum Gasteiger partial charge on any atom is -0.378 e. The Bertz CT molecular complexity index is 2640. The Kier molecular flexibility index (Phi) is 10.9. The second-order valence-electron chi connectivity index (χ2n) is 14.8. The molecule has 0 radical (unpaired) electrons. The van der Waals surface area contributed by atoms with Crippen LogP contribution in [0.3, 0.4) is 0 Å². The Morgan fingerprint density at radius 3 is 2.57 bits per heavy atom. The number of fused-ring (bicyclic) bond motifs is 2. The predicted octanol–water partition coefficient (Wildman–Crippen LogP) is 5.50. The summed E-state index contributed by atoms with van der Waals surface area (Å²) >= 11 is 7.73. The number of aryl methyl sites for hydroxylation is 1. The van der Waals surface area contributed by atoms with Crippen molar-refractivity contribution in [3.05, 3.63) is 79.9 Å². The van der Waals surface area contributed by atoms with Crippen LogP contribution in [0.2, 0.25) is 5.02 Å². The number of amides is 1. The van der Waals surface area contributed by atoms with Crippen LogP contribution in [-0.2, 0) is 21.3 Å². The van der Waals surface area contributed by atoms with E-state index in [0.29, 0.717) is 61.7 Å². The number of pyridine rings is 2. The maximum absolute atomic E-state index is 14.2. The van der Waals surface area contributed by atoms with Gasteiger partial charge in [0.15, 0.2) is 0 Å². The maximum atomic E-state index is 14.2. The van der Waals surface area contributed by atoms with Crippen LogP contribution in [0, 0.1) is 30.1 Å². The number of hydrogen-bond donors (Lipinski definition) is 1. The van der Waals surface area contributed by atoms with Gasteiger partial charge in [-0.25, -0.2) is 23.1 Å². The first-order valence-corrected chi connectivity index (χ1v) is 21.1. The number of rotatable bonds is 8. The van der Waals surface area contributed by atoms with E-state index in [1.54, 1.807) is 49.0 Å². The largest absolute Gasteiger partial charge is 0.378 e. The highest BCUT2D eigenvalue weighted by molar-refractivity contribution is 7.91. The lowest BCUT2D eigenvalue weighted by molar-refractivity contribution is -0.0711. The van der Waals surface area contributed by atoms with Crippen molar-refractivity contribution in [1.29, 1.82) is 5.26 Å². The number of nitrogens with one attached hydrogen (secondary N) is 1. The van der Waals surface area contributed by atoms with Crippen molar-refractivity contribution in [1.82, 2.24) is 29.1 Å². The van der Waals surface area contributed by atoms with Crippen LogP contribution in [-0.4, -0.2) is 88.4 Å². The van der Waals surface area contributed by atoms with Gasteiger partial charge in [-0.3, -0.25) is 24.0 Å². The van der Waals surface area contributed by atoms with Crippen molar-refractivity contribution in [3.63, 3.8) is 0 Å². The molecule has 0 saturated carbocycles. The molecule has 0 bridgehead atoms. The number of sulfonamides is 1. The minimum atomic E-state index is -3.95. The van der Waals surface area contributed by atoms with Gasteiger partial charge in [-0.1, -0.05) is 23.4 Å². The summed E-state index contributed by atoms with van der Waals surface area (Å²) < 4.78 is 33.9. The third kappa shape index (κ3) is 7.38. The van der Waals surface area contributed by atoms with Gasteiger partial charge in [-0.15, -0.1) is 11.3 Å². The number of likely N-dealkylation sites (tertiary alicyclic amines) is 1. The van der Waals surface area contributed by atoms with Gasteiger partial charge < -0.3 is 9.64 Å². The van der Waals surface area contributed by atoms with Crippen molar-refractivity contribution in [2.24, 2.45) is 0 Å². The van der Waals surface area contributed by atoms with E-state index in [4.69, 9.17) is 21.3 Å². The predicted molar refractivity (Wildman–Crippen MR) is 219 cm³/mol. The molecule has 2 aliphatic heterocycles.